The predicted octanol–water partition coefficient (Wildman–Crippen LogP) is 31.4. The van der Waals surface area contributed by atoms with Gasteiger partial charge in [-0.2, -0.15) is 0 Å². The Morgan fingerprint density at radius 1 is 0.267 bits per heavy atom. The number of anilines is 12. The molecule has 2 aliphatic carbocycles. The summed E-state index contributed by atoms with van der Waals surface area (Å²) < 4.78 is 13.8. The number of hydrogen-bond acceptors (Lipinski definition) is 6. The van der Waals surface area contributed by atoms with E-state index in [0.717, 1.165) is 109 Å². The van der Waals surface area contributed by atoms with Crippen molar-refractivity contribution in [2.45, 2.75) is 240 Å². The van der Waals surface area contributed by atoms with Gasteiger partial charge < -0.3 is 28.4 Å². The third-order valence-corrected chi connectivity index (χ3v) is 32.4. The summed E-state index contributed by atoms with van der Waals surface area (Å²) in [6.45, 7) is 55.2. The average molecular weight is 1760 g/mol. The summed E-state index contributed by atoms with van der Waals surface area (Å²) in [5, 5.41) is 4.52. The minimum atomic E-state index is -0.361. The first kappa shape index (κ1) is 86.4. The van der Waals surface area contributed by atoms with Crippen LogP contribution in [0.15, 0.2) is 294 Å². The second kappa shape index (κ2) is 29.9. The average Bonchev–Trinajstić information content (AvgIpc) is 1.09. The number of benzene rings is 15. The van der Waals surface area contributed by atoms with Crippen LogP contribution in [-0.2, 0) is 55.2 Å². The molecule has 672 valence electrons. The normalized spacial score (nSPS) is 16.2. The zero-order chi connectivity index (χ0) is 94.0. The van der Waals surface area contributed by atoms with Gasteiger partial charge in [-0.3, -0.25) is 0 Å². The lowest BCUT2D eigenvalue weighted by Gasteiger charge is -2.48. The smallest absolute Gasteiger partial charge is 0.252 e. The fourth-order valence-corrected chi connectivity index (χ4v) is 24.0. The van der Waals surface area contributed by atoms with Crippen LogP contribution >= 0.6 is 0 Å². The fourth-order valence-electron chi connectivity index (χ4n) is 24.0. The molecule has 0 bridgehead atoms. The van der Waals surface area contributed by atoms with Crippen LogP contribution in [0.1, 0.15) is 239 Å². The van der Waals surface area contributed by atoms with E-state index >= 15 is 0 Å². The van der Waals surface area contributed by atoms with Gasteiger partial charge in [-0.15, -0.1) is 0 Å². The zero-order valence-corrected chi connectivity index (χ0v) is 83.4. The molecule has 8 heteroatoms. The summed E-state index contributed by atoms with van der Waals surface area (Å²) in [5.41, 5.74) is 47.4. The Labute approximate surface area is 801 Å². The molecule has 6 heterocycles. The molecule has 0 unspecified atom stereocenters. The molecular formula is C127H126B2N4O2. The number of nitrogens with zero attached hydrogens (tertiary/aromatic N) is 4. The molecule has 17 aromatic rings. The van der Waals surface area contributed by atoms with Gasteiger partial charge in [-0.05, 0) is 343 Å². The van der Waals surface area contributed by atoms with Gasteiger partial charge in [0, 0.05) is 89.8 Å². The third kappa shape index (κ3) is 14.0. The number of rotatable bonds is 10. The van der Waals surface area contributed by atoms with Crippen molar-refractivity contribution >= 4 is 158 Å². The Balaban J connectivity index is 0.620. The van der Waals surface area contributed by atoms with Crippen molar-refractivity contribution in [3.05, 3.63) is 346 Å². The predicted molar refractivity (Wildman–Crippen MR) is 579 cm³/mol. The van der Waals surface area contributed by atoms with E-state index < -0.39 is 0 Å². The first-order chi connectivity index (χ1) is 64.0. The molecule has 135 heavy (non-hydrogen) atoms. The fraction of sp³-hybridized carbons (Fsp3) is 0.291. The van der Waals surface area contributed by atoms with Gasteiger partial charge >= 0.3 is 0 Å². The molecule has 15 aromatic carbocycles. The molecule has 0 radical (unpaired) electrons. The lowest BCUT2D eigenvalue weighted by atomic mass is 9.32. The highest BCUT2D eigenvalue weighted by Gasteiger charge is 2.50. The largest absolute Gasteiger partial charge is 0.456 e. The standard InChI is InChI=1S/C127H126B2N4O2/c1-76-63-109-116-110(64-76)132(91-46-33-78(34-47-91)77-31-41-84(42-32-77)119(2,3)4)107-69-86(121(8,9)10)43-56-101(107)128(116)103-68-87(45-58-106(103)130(109)89-48-35-79(36-49-89)81-39-53-94-93-28-24-25-30-113(93)134-114(94)65-81)127(22,23)75-83-27-26-29-96-95-54-40-82(66-115(95)135-118(83)96)80-37-50-90(51-38-80)131-105-57-44-85(120(5,6)7)67-102(105)129-104-73-99-100(126(20,21)62-61-125(99,18)19)74-108(104)133(112-71-88(122(11,12)13)70-111(131)117(112)129)92-52-55-97-98(72-92)124(16,17)60-59-123(97,14)15/h24-58,63-74H,59-62,75H2,1-23H3. The Kier molecular flexibility index (Phi) is 19.1. The maximum absolute atomic E-state index is 7.36. The molecule has 6 aliphatic rings. The number of fused-ring (bicyclic) bond motifs is 16. The van der Waals surface area contributed by atoms with Crippen molar-refractivity contribution in [3.63, 3.8) is 0 Å². The monoisotopic (exact) mass is 1760 g/mol. The van der Waals surface area contributed by atoms with E-state index in [9.17, 15) is 0 Å². The highest BCUT2D eigenvalue weighted by molar-refractivity contribution is 7.01. The minimum Gasteiger partial charge on any atom is -0.456 e. The van der Waals surface area contributed by atoms with Gasteiger partial charge in [0.05, 0.1) is 0 Å². The van der Waals surface area contributed by atoms with Crippen LogP contribution in [0.5, 0.6) is 0 Å². The summed E-state index contributed by atoms with van der Waals surface area (Å²) in [4.78, 5) is 10.5. The Morgan fingerprint density at radius 2 is 0.644 bits per heavy atom. The minimum absolute atomic E-state index is 0.00583. The highest BCUT2D eigenvalue weighted by atomic mass is 16.3. The quantitative estimate of drug-likeness (QED) is 0.127. The van der Waals surface area contributed by atoms with E-state index in [2.05, 4.69) is 458 Å². The number of aryl methyl sites for hydroxylation is 1. The molecule has 0 saturated carbocycles. The summed E-state index contributed by atoms with van der Waals surface area (Å²) in [5.74, 6) is 0. The molecule has 4 aliphatic heterocycles. The van der Waals surface area contributed by atoms with Crippen molar-refractivity contribution in [2.24, 2.45) is 0 Å². The van der Waals surface area contributed by atoms with Gasteiger partial charge in [0.1, 0.15) is 22.3 Å². The van der Waals surface area contributed by atoms with Crippen molar-refractivity contribution in [2.75, 3.05) is 19.6 Å². The van der Waals surface area contributed by atoms with Crippen LogP contribution in [0.25, 0.3) is 77.3 Å². The van der Waals surface area contributed by atoms with E-state index in [-0.39, 0.29) is 62.2 Å². The second-order valence-electron chi connectivity index (χ2n) is 48.1. The van der Waals surface area contributed by atoms with Crippen LogP contribution in [-0.4, -0.2) is 13.4 Å². The van der Waals surface area contributed by atoms with Crippen LogP contribution < -0.4 is 52.4 Å². The first-order valence-corrected chi connectivity index (χ1v) is 49.6. The van der Waals surface area contributed by atoms with Crippen LogP contribution in [0, 0.1) is 6.92 Å². The molecule has 0 spiro atoms. The molecular weight excluding hydrogens is 1640 g/mol. The summed E-state index contributed by atoms with van der Waals surface area (Å²) in [6, 6.07) is 111. The summed E-state index contributed by atoms with van der Waals surface area (Å²) in [7, 11) is 0. The Hall–Kier alpha value is -12.8. The van der Waals surface area contributed by atoms with Crippen molar-refractivity contribution in [3.8, 4) is 33.4 Å². The van der Waals surface area contributed by atoms with Gasteiger partial charge in [-0.1, -0.05) is 310 Å². The van der Waals surface area contributed by atoms with Crippen molar-refractivity contribution in [1.82, 2.24) is 0 Å². The molecule has 2 aromatic heterocycles. The first-order valence-electron chi connectivity index (χ1n) is 49.6. The Morgan fingerprint density at radius 3 is 1.19 bits per heavy atom. The molecule has 0 atom stereocenters. The van der Waals surface area contributed by atoms with Crippen LogP contribution in [0.3, 0.4) is 0 Å². The zero-order valence-electron chi connectivity index (χ0n) is 83.4. The van der Waals surface area contributed by atoms with Crippen molar-refractivity contribution < 1.29 is 8.83 Å². The van der Waals surface area contributed by atoms with Crippen LogP contribution in [0.2, 0.25) is 0 Å². The van der Waals surface area contributed by atoms with E-state index in [4.69, 9.17) is 8.83 Å². The maximum Gasteiger partial charge on any atom is 0.252 e. The molecule has 0 saturated heterocycles. The number of para-hydroxylation sites is 2. The topological polar surface area (TPSA) is 39.2 Å². The third-order valence-electron chi connectivity index (χ3n) is 32.4. The van der Waals surface area contributed by atoms with E-state index in [1.165, 1.54) is 163 Å². The maximum atomic E-state index is 7.36. The molecule has 0 fully saturated rings. The summed E-state index contributed by atoms with van der Waals surface area (Å²) >= 11 is 0. The van der Waals surface area contributed by atoms with E-state index in [1.54, 1.807) is 0 Å². The van der Waals surface area contributed by atoms with Gasteiger partial charge in [-0.25, -0.2) is 0 Å². The SMILES string of the molecule is Cc1cc2c3c(c1)N(c1ccc(-c4ccc(C(C)(C)C)cc4)cc1)c1cc(C(C)(C)C)ccc1B3c1cc(C(C)(C)Cc3cccc4c3oc3cc(-c5ccc(N6c7ccc(C(C)(C)C)cc7B7c8cc9c(cc8N(c8ccc%10c(c8)C(C)(C)CCC%10(C)C)c8cc(C(C)(C)C)cc6c87)C(C)(C)CCC9(C)C)cc5)ccc34)ccc1N2c1ccc(-c2ccc3c(c2)oc2ccccc23)cc1. The molecule has 0 N–H and O–H groups in total. The summed E-state index contributed by atoms with van der Waals surface area (Å²) in [6.07, 6.45) is 5.37. The molecule has 6 nitrogen and oxygen atoms in total. The van der Waals surface area contributed by atoms with Crippen molar-refractivity contribution in [1.29, 1.82) is 0 Å². The Bertz CT molecular complexity index is 7790. The second-order valence-corrected chi connectivity index (χ2v) is 48.1. The van der Waals surface area contributed by atoms with E-state index in [1.807, 2.05) is 6.07 Å². The molecule has 23 rings (SSSR count). The van der Waals surface area contributed by atoms with Gasteiger partial charge in [0.2, 0.25) is 0 Å². The number of furan rings is 2. The highest BCUT2D eigenvalue weighted by Crippen LogP contribution is 2.56. The lowest BCUT2D eigenvalue weighted by Crippen LogP contribution is -2.62. The lowest BCUT2D eigenvalue weighted by molar-refractivity contribution is 0.332. The number of hydrogen-bond donors (Lipinski definition) is 0. The molecule has 0 amide bonds. The van der Waals surface area contributed by atoms with Gasteiger partial charge in [0.15, 0.2) is 0 Å². The van der Waals surface area contributed by atoms with Gasteiger partial charge in [0.25, 0.3) is 13.4 Å². The van der Waals surface area contributed by atoms with Crippen LogP contribution in [0.4, 0.5) is 68.2 Å². The van der Waals surface area contributed by atoms with E-state index in [0.29, 0.717) is 0 Å².